The van der Waals surface area contributed by atoms with Crippen LogP contribution in [0, 0.1) is 0 Å². The average molecular weight is 252 g/mol. The van der Waals surface area contributed by atoms with Crippen LogP contribution < -0.4 is 15.8 Å². The summed E-state index contributed by atoms with van der Waals surface area (Å²) in [7, 11) is 1.45. The van der Waals surface area contributed by atoms with E-state index in [4.69, 9.17) is 22.1 Å². The van der Waals surface area contributed by atoms with Gasteiger partial charge in [-0.25, -0.2) is 0 Å². The molecule has 0 atom stereocenters. The SMILES string of the molecule is COc1nc(Cl)nc(Nc2cccc(N)c2)n1. The van der Waals surface area contributed by atoms with E-state index < -0.39 is 0 Å². The Labute approximate surface area is 103 Å². The fourth-order valence-corrected chi connectivity index (χ4v) is 1.38. The summed E-state index contributed by atoms with van der Waals surface area (Å²) < 4.78 is 4.89. The molecule has 0 amide bonds. The molecule has 0 unspecified atom stereocenters. The van der Waals surface area contributed by atoms with Gasteiger partial charge in [-0.05, 0) is 29.8 Å². The molecule has 1 heterocycles. The van der Waals surface area contributed by atoms with Crippen molar-refractivity contribution in [2.45, 2.75) is 0 Å². The first kappa shape index (κ1) is 11.4. The molecule has 0 radical (unpaired) electrons. The molecule has 17 heavy (non-hydrogen) atoms. The molecule has 0 bridgehead atoms. The smallest absolute Gasteiger partial charge is 0.322 e. The molecule has 0 saturated heterocycles. The molecule has 0 fully saturated rings. The molecule has 0 aliphatic carbocycles. The first-order valence-corrected chi connectivity index (χ1v) is 5.13. The number of nitrogens with two attached hydrogens (primary N) is 1. The fourth-order valence-electron chi connectivity index (χ4n) is 1.22. The summed E-state index contributed by atoms with van der Waals surface area (Å²) in [5.74, 6) is 0.299. The van der Waals surface area contributed by atoms with Gasteiger partial charge >= 0.3 is 6.01 Å². The van der Waals surface area contributed by atoms with Crippen LogP contribution in [0.25, 0.3) is 0 Å². The van der Waals surface area contributed by atoms with E-state index in [-0.39, 0.29) is 11.3 Å². The number of aromatic nitrogens is 3. The van der Waals surface area contributed by atoms with E-state index in [1.165, 1.54) is 7.11 Å². The molecule has 3 N–H and O–H groups in total. The number of benzene rings is 1. The Morgan fingerprint density at radius 3 is 2.82 bits per heavy atom. The second-order valence-electron chi connectivity index (χ2n) is 3.17. The van der Waals surface area contributed by atoms with Gasteiger partial charge in [-0.3, -0.25) is 0 Å². The number of hydrogen-bond acceptors (Lipinski definition) is 6. The number of nitrogen functional groups attached to an aromatic ring is 1. The lowest BCUT2D eigenvalue weighted by Gasteiger charge is -2.06. The van der Waals surface area contributed by atoms with Crippen molar-refractivity contribution in [2.75, 3.05) is 18.2 Å². The van der Waals surface area contributed by atoms with Crippen molar-refractivity contribution in [1.82, 2.24) is 15.0 Å². The third-order valence-electron chi connectivity index (χ3n) is 1.91. The summed E-state index contributed by atoms with van der Waals surface area (Å²) in [5, 5.41) is 3.01. The zero-order valence-corrected chi connectivity index (χ0v) is 9.77. The molecule has 88 valence electrons. The van der Waals surface area contributed by atoms with Crippen molar-refractivity contribution in [3.8, 4) is 6.01 Å². The highest BCUT2D eigenvalue weighted by Crippen LogP contribution is 2.18. The normalized spacial score (nSPS) is 10.0. The Bertz CT molecular complexity index is 534. The zero-order chi connectivity index (χ0) is 12.3. The predicted molar refractivity (Wildman–Crippen MR) is 65.5 cm³/mol. The zero-order valence-electron chi connectivity index (χ0n) is 9.01. The minimum Gasteiger partial charge on any atom is -0.467 e. The van der Waals surface area contributed by atoms with Crippen LogP contribution in [0.5, 0.6) is 6.01 Å². The Hall–Kier alpha value is -2.08. The van der Waals surface area contributed by atoms with Gasteiger partial charge in [0.2, 0.25) is 11.2 Å². The molecule has 1 aromatic carbocycles. The number of nitrogens with zero attached hydrogens (tertiary/aromatic N) is 3. The van der Waals surface area contributed by atoms with Crippen LogP contribution in [0.3, 0.4) is 0 Å². The van der Waals surface area contributed by atoms with E-state index in [1.54, 1.807) is 12.1 Å². The lowest BCUT2D eigenvalue weighted by molar-refractivity contribution is 0.379. The summed E-state index contributed by atoms with van der Waals surface area (Å²) in [6.45, 7) is 0. The summed E-state index contributed by atoms with van der Waals surface area (Å²) in [6.07, 6.45) is 0. The van der Waals surface area contributed by atoms with Crippen LogP contribution in [-0.2, 0) is 0 Å². The largest absolute Gasteiger partial charge is 0.467 e. The average Bonchev–Trinajstić information content (AvgIpc) is 2.28. The van der Waals surface area contributed by atoms with E-state index in [0.717, 1.165) is 5.69 Å². The number of hydrogen-bond donors (Lipinski definition) is 2. The second-order valence-corrected chi connectivity index (χ2v) is 3.50. The van der Waals surface area contributed by atoms with Crippen molar-refractivity contribution in [1.29, 1.82) is 0 Å². The molecule has 1 aromatic heterocycles. The highest BCUT2D eigenvalue weighted by atomic mass is 35.5. The molecule has 7 heteroatoms. The standard InChI is InChI=1S/C10H10ClN5O/c1-17-10-15-8(11)14-9(16-10)13-7-4-2-3-6(12)5-7/h2-5H,12H2,1H3,(H,13,14,15,16). The minimum atomic E-state index is 0.0586. The monoisotopic (exact) mass is 251 g/mol. The van der Waals surface area contributed by atoms with Gasteiger partial charge in [0.25, 0.3) is 0 Å². The summed E-state index contributed by atoms with van der Waals surface area (Å²) in [6, 6.07) is 7.34. The van der Waals surface area contributed by atoms with Crippen LogP contribution in [0.1, 0.15) is 0 Å². The minimum absolute atomic E-state index is 0.0586. The molecule has 0 spiro atoms. The van der Waals surface area contributed by atoms with Gasteiger partial charge in [0.05, 0.1) is 7.11 Å². The van der Waals surface area contributed by atoms with Gasteiger partial charge in [0.1, 0.15) is 0 Å². The summed E-state index contributed by atoms with van der Waals surface area (Å²) >= 11 is 5.72. The van der Waals surface area contributed by atoms with Crippen LogP contribution >= 0.6 is 11.6 Å². The van der Waals surface area contributed by atoms with Crippen LogP contribution in [0.2, 0.25) is 5.28 Å². The predicted octanol–water partition coefficient (Wildman–Crippen LogP) is 1.86. The molecule has 6 nitrogen and oxygen atoms in total. The Morgan fingerprint density at radius 2 is 2.12 bits per heavy atom. The lowest BCUT2D eigenvalue weighted by Crippen LogP contribution is -2.02. The summed E-state index contributed by atoms with van der Waals surface area (Å²) in [4.78, 5) is 11.7. The summed E-state index contributed by atoms with van der Waals surface area (Å²) in [5.41, 5.74) is 7.05. The van der Waals surface area contributed by atoms with Crippen LogP contribution in [0.4, 0.5) is 17.3 Å². The Kier molecular flexibility index (Phi) is 3.24. The van der Waals surface area contributed by atoms with Crippen LogP contribution in [-0.4, -0.2) is 22.1 Å². The number of rotatable bonds is 3. The lowest BCUT2D eigenvalue weighted by atomic mass is 10.3. The van der Waals surface area contributed by atoms with E-state index in [9.17, 15) is 0 Å². The third kappa shape index (κ3) is 2.94. The van der Waals surface area contributed by atoms with Crippen molar-refractivity contribution in [3.05, 3.63) is 29.5 Å². The molecular formula is C10H10ClN5O. The Balaban J connectivity index is 2.26. The van der Waals surface area contributed by atoms with Gasteiger partial charge < -0.3 is 15.8 Å². The molecular weight excluding hydrogens is 242 g/mol. The van der Waals surface area contributed by atoms with Gasteiger partial charge in [0.15, 0.2) is 0 Å². The van der Waals surface area contributed by atoms with Gasteiger partial charge in [0, 0.05) is 11.4 Å². The van der Waals surface area contributed by atoms with Gasteiger partial charge in [-0.1, -0.05) is 6.07 Å². The topological polar surface area (TPSA) is 86.0 Å². The van der Waals surface area contributed by atoms with E-state index in [0.29, 0.717) is 11.6 Å². The first-order valence-electron chi connectivity index (χ1n) is 4.75. The maximum Gasteiger partial charge on any atom is 0.322 e. The number of ether oxygens (including phenoxy) is 1. The van der Waals surface area contributed by atoms with Crippen LogP contribution in [0.15, 0.2) is 24.3 Å². The number of halogens is 1. The molecule has 0 saturated carbocycles. The van der Waals surface area contributed by atoms with Crippen molar-refractivity contribution in [2.24, 2.45) is 0 Å². The number of methoxy groups -OCH3 is 1. The number of anilines is 3. The van der Waals surface area contributed by atoms with E-state index in [1.807, 2.05) is 12.1 Å². The van der Waals surface area contributed by atoms with E-state index in [2.05, 4.69) is 20.3 Å². The highest BCUT2D eigenvalue weighted by molar-refractivity contribution is 6.28. The molecule has 0 aliphatic heterocycles. The maximum absolute atomic E-state index is 5.72. The van der Waals surface area contributed by atoms with Crippen molar-refractivity contribution < 1.29 is 4.74 Å². The third-order valence-corrected chi connectivity index (χ3v) is 2.08. The fraction of sp³-hybridized carbons (Fsp3) is 0.100. The highest BCUT2D eigenvalue weighted by Gasteiger charge is 2.05. The van der Waals surface area contributed by atoms with Crippen molar-refractivity contribution in [3.63, 3.8) is 0 Å². The van der Waals surface area contributed by atoms with Gasteiger partial charge in [-0.15, -0.1) is 0 Å². The molecule has 2 rings (SSSR count). The second kappa shape index (κ2) is 4.84. The quantitative estimate of drug-likeness (QED) is 0.810. The van der Waals surface area contributed by atoms with Gasteiger partial charge in [-0.2, -0.15) is 15.0 Å². The first-order chi connectivity index (χ1) is 8.17. The van der Waals surface area contributed by atoms with Crippen molar-refractivity contribution >= 4 is 28.9 Å². The number of nitrogens with one attached hydrogen (secondary N) is 1. The van der Waals surface area contributed by atoms with E-state index >= 15 is 0 Å². The maximum atomic E-state index is 5.72. The molecule has 2 aromatic rings. The molecule has 0 aliphatic rings. The Morgan fingerprint density at radius 1 is 1.29 bits per heavy atom.